The van der Waals surface area contributed by atoms with E-state index in [1.54, 1.807) is 0 Å². The Bertz CT molecular complexity index is 278. The Morgan fingerprint density at radius 3 is 2.08 bits per heavy atom. The molecule has 0 radical (unpaired) electrons. The lowest BCUT2D eigenvalue weighted by molar-refractivity contribution is -0.144. The zero-order valence-corrected chi connectivity index (χ0v) is 7.91. The number of rotatable bonds is 1. The summed E-state index contributed by atoms with van der Waals surface area (Å²) in [7, 11) is 0. The summed E-state index contributed by atoms with van der Waals surface area (Å²) in [4.78, 5) is 23.9. The summed E-state index contributed by atoms with van der Waals surface area (Å²) in [6.07, 6.45) is 4.58. The second-order valence-electron chi connectivity index (χ2n) is 4.61. The number of carbonyl (C=O) groups is 2. The lowest BCUT2D eigenvalue weighted by Gasteiger charge is -2.46. The maximum Gasteiger partial charge on any atom is 0.253 e. The number of hydrogen-bond donors (Lipinski definition) is 0. The Kier molecular flexibility index (Phi) is 1.59. The maximum atomic E-state index is 11.2. The zero-order chi connectivity index (χ0) is 9.64. The first-order valence-corrected chi connectivity index (χ1v) is 4.55. The summed E-state index contributed by atoms with van der Waals surface area (Å²) in [5.74, 6) is -0.295. The topological polar surface area (TPSA) is 37.4 Å². The molecule has 3 heteroatoms. The second kappa shape index (κ2) is 2.44. The number of carbonyl (C=O) groups excluding carboxylic acids is 2. The molecule has 0 saturated heterocycles. The smallest absolute Gasteiger partial charge is 0.253 e. The highest BCUT2D eigenvalue weighted by molar-refractivity contribution is 6.13. The van der Waals surface area contributed by atoms with E-state index in [9.17, 15) is 9.59 Å². The third kappa shape index (κ3) is 1.28. The van der Waals surface area contributed by atoms with E-state index in [0.717, 1.165) is 12.8 Å². The molecule has 1 saturated carbocycles. The van der Waals surface area contributed by atoms with Crippen molar-refractivity contribution in [3.05, 3.63) is 12.2 Å². The largest absolute Gasteiger partial charge is 0.272 e. The molecule has 0 aromatic heterocycles. The van der Waals surface area contributed by atoms with Gasteiger partial charge in [-0.15, -0.1) is 0 Å². The number of nitrogens with zero attached hydrogens (tertiary/aromatic N) is 1. The van der Waals surface area contributed by atoms with Crippen molar-refractivity contribution in [3.63, 3.8) is 0 Å². The number of hydrogen-bond acceptors (Lipinski definition) is 2. The molecule has 13 heavy (non-hydrogen) atoms. The molecule has 0 unspecified atom stereocenters. The molecule has 2 rings (SSSR count). The van der Waals surface area contributed by atoms with Gasteiger partial charge in [0.05, 0.1) is 0 Å². The Balaban J connectivity index is 2.05. The summed E-state index contributed by atoms with van der Waals surface area (Å²) in [6, 6.07) is 0.144. The van der Waals surface area contributed by atoms with Crippen LogP contribution in [-0.4, -0.2) is 22.8 Å². The van der Waals surface area contributed by atoms with Gasteiger partial charge in [0.1, 0.15) is 0 Å². The van der Waals surface area contributed by atoms with Gasteiger partial charge in [0.15, 0.2) is 0 Å². The summed E-state index contributed by atoms with van der Waals surface area (Å²) in [5.41, 5.74) is 0.299. The summed E-state index contributed by atoms with van der Waals surface area (Å²) < 4.78 is 0. The molecular weight excluding hydrogens is 166 g/mol. The van der Waals surface area contributed by atoms with Gasteiger partial charge in [-0.25, -0.2) is 0 Å². The molecule has 0 bridgehead atoms. The van der Waals surface area contributed by atoms with E-state index in [4.69, 9.17) is 0 Å². The highest BCUT2D eigenvalue weighted by Gasteiger charge is 2.44. The molecule has 1 heterocycles. The highest BCUT2D eigenvalue weighted by Crippen LogP contribution is 2.43. The van der Waals surface area contributed by atoms with Crippen molar-refractivity contribution in [2.75, 3.05) is 0 Å². The Hall–Kier alpha value is -1.12. The predicted octanol–water partition coefficient (Wildman–Crippen LogP) is 1.10. The van der Waals surface area contributed by atoms with Gasteiger partial charge in [-0.05, 0) is 18.3 Å². The quantitative estimate of drug-likeness (QED) is 0.565. The molecular formula is C10H13NO2. The molecule has 70 valence electrons. The highest BCUT2D eigenvalue weighted by atomic mass is 16.2. The molecule has 0 spiro atoms. The first-order chi connectivity index (χ1) is 5.99. The minimum Gasteiger partial charge on any atom is -0.272 e. The normalized spacial score (nSPS) is 26.8. The number of amides is 2. The Morgan fingerprint density at radius 2 is 1.69 bits per heavy atom. The van der Waals surface area contributed by atoms with E-state index in [-0.39, 0.29) is 17.9 Å². The fraction of sp³-hybridized carbons (Fsp3) is 0.600. The third-order valence-corrected chi connectivity index (χ3v) is 2.78. The van der Waals surface area contributed by atoms with E-state index >= 15 is 0 Å². The standard InChI is InChI=1S/C10H13NO2/c1-10(2)5-7(6-10)11-8(12)3-4-9(11)13/h3-4,7H,5-6H2,1-2H3. The Morgan fingerprint density at radius 1 is 1.23 bits per heavy atom. The predicted molar refractivity (Wildman–Crippen MR) is 47.8 cm³/mol. The van der Waals surface area contributed by atoms with Gasteiger partial charge in [0, 0.05) is 18.2 Å². The van der Waals surface area contributed by atoms with Gasteiger partial charge in [-0.2, -0.15) is 0 Å². The molecule has 0 N–H and O–H groups in total. The van der Waals surface area contributed by atoms with E-state index in [0.29, 0.717) is 5.41 Å². The van der Waals surface area contributed by atoms with Crippen molar-refractivity contribution in [1.82, 2.24) is 4.90 Å². The molecule has 2 amide bonds. The van der Waals surface area contributed by atoms with Crippen molar-refractivity contribution in [3.8, 4) is 0 Å². The van der Waals surface area contributed by atoms with E-state index in [2.05, 4.69) is 13.8 Å². The van der Waals surface area contributed by atoms with Crippen molar-refractivity contribution >= 4 is 11.8 Å². The monoisotopic (exact) mass is 179 g/mol. The Labute approximate surface area is 77.4 Å². The molecule has 0 atom stereocenters. The molecule has 2 aliphatic rings. The van der Waals surface area contributed by atoms with Crippen LogP contribution in [0, 0.1) is 5.41 Å². The van der Waals surface area contributed by atoms with Crippen LogP contribution in [0.3, 0.4) is 0 Å². The van der Waals surface area contributed by atoms with Crippen LogP contribution in [-0.2, 0) is 9.59 Å². The number of imide groups is 1. The van der Waals surface area contributed by atoms with Crippen LogP contribution in [0.25, 0.3) is 0 Å². The fourth-order valence-electron chi connectivity index (χ4n) is 2.17. The van der Waals surface area contributed by atoms with Crippen LogP contribution in [0.1, 0.15) is 26.7 Å². The van der Waals surface area contributed by atoms with Crippen molar-refractivity contribution in [2.24, 2.45) is 5.41 Å². The average molecular weight is 179 g/mol. The van der Waals surface area contributed by atoms with Gasteiger partial charge in [-0.3, -0.25) is 14.5 Å². The van der Waals surface area contributed by atoms with Crippen LogP contribution in [0.2, 0.25) is 0 Å². The van der Waals surface area contributed by atoms with Crippen LogP contribution < -0.4 is 0 Å². The summed E-state index contributed by atoms with van der Waals surface area (Å²) in [6.45, 7) is 4.31. The zero-order valence-electron chi connectivity index (χ0n) is 7.91. The maximum absolute atomic E-state index is 11.2. The molecule has 1 aliphatic heterocycles. The van der Waals surface area contributed by atoms with Gasteiger partial charge in [0.25, 0.3) is 11.8 Å². The molecule has 1 fully saturated rings. The van der Waals surface area contributed by atoms with E-state index in [1.165, 1.54) is 17.1 Å². The minimum atomic E-state index is -0.148. The SMILES string of the molecule is CC1(C)CC(N2C(=O)C=CC2=O)C1. The van der Waals surface area contributed by atoms with Gasteiger partial charge in [-0.1, -0.05) is 13.8 Å². The van der Waals surface area contributed by atoms with Crippen LogP contribution >= 0.6 is 0 Å². The lowest BCUT2D eigenvalue weighted by atomic mass is 9.68. The van der Waals surface area contributed by atoms with Crippen LogP contribution in [0.15, 0.2) is 12.2 Å². The first-order valence-electron chi connectivity index (χ1n) is 4.55. The third-order valence-electron chi connectivity index (χ3n) is 2.78. The van der Waals surface area contributed by atoms with Gasteiger partial charge in [0.2, 0.25) is 0 Å². The van der Waals surface area contributed by atoms with E-state index < -0.39 is 0 Å². The summed E-state index contributed by atoms with van der Waals surface area (Å²) >= 11 is 0. The molecule has 0 aromatic carbocycles. The van der Waals surface area contributed by atoms with Crippen molar-refractivity contribution in [2.45, 2.75) is 32.7 Å². The summed E-state index contributed by atoms with van der Waals surface area (Å²) in [5, 5.41) is 0. The van der Waals surface area contributed by atoms with E-state index in [1.807, 2.05) is 0 Å². The van der Waals surface area contributed by atoms with Crippen LogP contribution in [0.5, 0.6) is 0 Å². The minimum absolute atomic E-state index is 0.144. The van der Waals surface area contributed by atoms with Crippen molar-refractivity contribution in [1.29, 1.82) is 0 Å². The van der Waals surface area contributed by atoms with Gasteiger partial charge < -0.3 is 0 Å². The van der Waals surface area contributed by atoms with Gasteiger partial charge >= 0.3 is 0 Å². The second-order valence-corrected chi connectivity index (χ2v) is 4.61. The molecule has 3 nitrogen and oxygen atoms in total. The molecule has 0 aromatic rings. The lowest BCUT2D eigenvalue weighted by Crippen LogP contribution is -2.51. The fourth-order valence-corrected chi connectivity index (χ4v) is 2.17. The van der Waals surface area contributed by atoms with Crippen molar-refractivity contribution < 1.29 is 9.59 Å². The first kappa shape index (κ1) is 8.48. The van der Waals surface area contributed by atoms with Crippen LogP contribution in [0.4, 0.5) is 0 Å². The molecule has 1 aliphatic carbocycles. The average Bonchev–Trinajstić information content (AvgIpc) is 2.26.